The number of hydrogen-bond donors (Lipinski definition) is 1. The van der Waals surface area contributed by atoms with E-state index in [1.807, 2.05) is 13.0 Å². The minimum Gasteiger partial charge on any atom is -0.438 e. The summed E-state index contributed by atoms with van der Waals surface area (Å²) in [6.07, 6.45) is 1.72. The van der Waals surface area contributed by atoms with Gasteiger partial charge in [-0.15, -0.1) is 0 Å². The normalized spacial score (nSPS) is 10.6. The average molecular weight is 321 g/mol. The first kappa shape index (κ1) is 14.0. The second-order valence-corrected chi connectivity index (χ2v) is 5.49. The highest BCUT2D eigenvalue weighted by molar-refractivity contribution is 9.10. The number of rotatable bonds is 3. The molecule has 19 heavy (non-hydrogen) atoms. The first-order valence-corrected chi connectivity index (χ1v) is 6.91. The predicted molar refractivity (Wildman–Crippen MR) is 80.6 cm³/mol. The minimum absolute atomic E-state index is 0.395. The molecule has 0 aliphatic heterocycles. The van der Waals surface area contributed by atoms with Crippen molar-refractivity contribution in [2.24, 2.45) is 5.73 Å². The second-order valence-electron chi connectivity index (χ2n) is 4.58. The molecule has 0 spiro atoms. The SMILES string of the molecule is Cc1ccc(C)c(Oc2ncc(Br)cc2CN)c1C. The van der Waals surface area contributed by atoms with Crippen molar-refractivity contribution in [3.05, 3.63) is 51.1 Å². The van der Waals surface area contributed by atoms with Crippen LogP contribution in [0.25, 0.3) is 0 Å². The van der Waals surface area contributed by atoms with Crippen molar-refractivity contribution in [1.82, 2.24) is 4.98 Å². The Kier molecular flexibility index (Phi) is 4.22. The molecule has 0 fully saturated rings. The molecule has 2 rings (SSSR count). The Morgan fingerprint density at radius 2 is 1.89 bits per heavy atom. The van der Waals surface area contributed by atoms with Gasteiger partial charge in [-0.1, -0.05) is 12.1 Å². The van der Waals surface area contributed by atoms with Crippen LogP contribution in [-0.4, -0.2) is 4.98 Å². The smallest absolute Gasteiger partial charge is 0.223 e. The second kappa shape index (κ2) is 5.72. The third kappa shape index (κ3) is 2.96. The third-order valence-corrected chi connectivity index (χ3v) is 3.62. The molecule has 100 valence electrons. The van der Waals surface area contributed by atoms with E-state index < -0.39 is 0 Å². The van der Waals surface area contributed by atoms with Gasteiger partial charge in [-0.25, -0.2) is 4.98 Å². The van der Waals surface area contributed by atoms with Crippen LogP contribution in [-0.2, 0) is 6.54 Å². The Hall–Kier alpha value is -1.39. The number of nitrogens with two attached hydrogens (primary N) is 1. The fraction of sp³-hybridized carbons (Fsp3) is 0.267. The van der Waals surface area contributed by atoms with Crippen molar-refractivity contribution in [2.45, 2.75) is 27.3 Å². The summed E-state index contributed by atoms with van der Waals surface area (Å²) in [5.74, 6) is 1.44. The molecule has 1 aromatic heterocycles. The maximum atomic E-state index is 5.99. The van der Waals surface area contributed by atoms with Crippen LogP contribution in [0.2, 0.25) is 0 Å². The molecule has 0 unspecified atom stereocenters. The van der Waals surface area contributed by atoms with Crippen molar-refractivity contribution < 1.29 is 4.74 Å². The van der Waals surface area contributed by atoms with E-state index in [9.17, 15) is 0 Å². The predicted octanol–water partition coefficient (Wildman–Crippen LogP) is 4.02. The van der Waals surface area contributed by atoms with Crippen LogP contribution >= 0.6 is 15.9 Å². The van der Waals surface area contributed by atoms with Crippen molar-refractivity contribution in [2.75, 3.05) is 0 Å². The van der Waals surface area contributed by atoms with Crippen molar-refractivity contribution in [3.63, 3.8) is 0 Å². The fourth-order valence-electron chi connectivity index (χ4n) is 1.89. The molecule has 0 bridgehead atoms. The number of halogens is 1. The molecule has 0 saturated carbocycles. The maximum Gasteiger partial charge on any atom is 0.223 e. The summed E-state index contributed by atoms with van der Waals surface area (Å²) < 4.78 is 6.89. The Morgan fingerprint density at radius 3 is 2.58 bits per heavy atom. The molecule has 2 N–H and O–H groups in total. The third-order valence-electron chi connectivity index (χ3n) is 3.18. The molecule has 0 amide bonds. The number of aromatic nitrogens is 1. The van der Waals surface area contributed by atoms with E-state index in [2.05, 4.69) is 46.9 Å². The molecular weight excluding hydrogens is 304 g/mol. The van der Waals surface area contributed by atoms with Gasteiger partial charge in [0.15, 0.2) is 0 Å². The lowest BCUT2D eigenvalue weighted by Crippen LogP contribution is -2.03. The molecule has 0 aliphatic carbocycles. The van der Waals surface area contributed by atoms with Gasteiger partial charge in [0.2, 0.25) is 5.88 Å². The van der Waals surface area contributed by atoms with Gasteiger partial charge in [0.1, 0.15) is 5.75 Å². The van der Waals surface area contributed by atoms with Crippen LogP contribution < -0.4 is 10.5 Å². The van der Waals surface area contributed by atoms with Crippen LogP contribution in [0.1, 0.15) is 22.3 Å². The number of nitrogens with zero attached hydrogens (tertiary/aromatic N) is 1. The molecule has 0 radical (unpaired) electrons. The van der Waals surface area contributed by atoms with Crippen LogP contribution in [0.3, 0.4) is 0 Å². The minimum atomic E-state index is 0.395. The molecular formula is C15H17BrN2O. The maximum absolute atomic E-state index is 5.99. The number of ether oxygens (including phenoxy) is 1. The van der Waals surface area contributed by atoms with Crippen molar-refractivity contribution >= 4 is 15.9 Å². The van der Waals surface area contributed by atoms with Gasteiger partial charge >= 0.3 is 0 Å². The van der Waals surface area contributed by atoms with Gasteiger partial charge in [-0.2, -0.15) is 0 Å². The van der Waals surface area contributed by atoms with Crippen LogP contribution in [0.4, 0.5) is 0 Å². The number of hydrogen-bond acceptors (Lipinski definition) is 3. The lowest BCUT2D eigenvalue weighted by atomic mass is 10.1. The monoisotopic (exact) mass is 320 g/mol. The standard InChI is InChI=1S/C15H17BrN2O/c1-9-4-5-10(2)14(11(9)3)19-15-12(7-17)6-13(16)8-18-15/h4-6,8H,7,17H2,1-3H3. The first-order chi connectivity index (χ1) is 9.02. The molecule has 4 heteroatoms. The lowest BCUT2D eigenvalue weighted by molar-refractivity contribution is 0.449. The Bertz CT molecular complexity index is 611. The van der Waals surface area contributed by atoms with E-state index in [4.69, 9.17) is 10.5 Å². The molecule has 0 atom stereocenters. The summed E-state index contributed by atoms with van der Waals surface area (Å²) in [6.45, 7) is 6.55. The molecule has 0 saturated heterocycles. The first-order valence-electron chi connectivity index (χ1n) is 6.12. The summed E-state index contributed by atoms with van der Waals surface area (Å²) in [7, 11) is 0. The van der Waals surface area contributed by atoms with Crippen molar-refractivity contribution in [3.8, 4) is 11.6 Å². The molecule has 3 nitrogen and oxygen atoms in total. The molecule has 2 aromatic rings. The largest absolute Gasteiger partial charge is 0.438 e. The van der Waals surface area contributed by atoms with E-state index in [-0.39, 0.29) is 0 Å². The summed E-state index contributed by atoms with van der Waals surface area (Å²) in [5.41, 5.74) is 10.0. The zero-order valence-electron chi connectivity index (χ0n) is 11.3. The van der Waals surface area contributed by atoms with Gasteiger partial charge < -0.3 is 10.5 Å². The number of aryl methyl sites for hydroxylation is 2. The van der Waals surface area contributed by atoms with Gasteiger partial charge in [0.25, 0.3) is 0 Å². The topological polar surface area (TPSA) is 48.1 Å². The Balaban J connectivity index is 2.44. The van der Waals surface area contributed by atoms with Gasteiger partial charge in [-0.05, 0) is 59.5 Å². The van der Waals surface area contributed by atoms with E-state index >= 15 is 0 Å². The van der Waals surface area contributed by atoms with Crippen molar-refractivity contribution in [1.29, 1.82) is 0 Å². The summed E-state index contributed by atoms with van der Waals surface area (Å²) >= 11 is 3.39. The van der Waals surface area contributed by atoms with Crippen LogP contribution in [0.15, 0.2) is 28.9 Å². The van der Waals surface area contributed by atoms with Gasteiger partial charge in [0, 0.05) is 22.8 Å². The van der Waals surface area contributed by atoms with E-state index in [0.717, 1.165) is 26.9 Å². The molecule has 0 aliphatic rings. The van der Waals surface area contributed by atoms with Crippen LogP contribution in [0, 0.1) is 20.8 Å². The molecule has 1 heterocycles. The quantitative estimate of drug-likeness (QED) is 0.929. The van der Waals surface area contributed by atoms with Gasteiger partial charge in [0.05, 0.1) is 0 Å². The van der Waals surface area contributed by atoms with Gasteiger partial charge in [-0.3, -0.25) is 0 Å². The summed E-state index contributed by atoms with van der Waals surface area (Å²) in [5, 5.41) is 0. The fourth-order valence-corrected chi connectivity index (χ4v) is 2.26. The zero-order valence-corrected chi connectivity index (χ0v) is 12.9. The number of benzene rings is 1. The highest BCUT2D eigenvalue weighted by Crippen LogP contribution is 2.31. The lowest BCUT2D eigenvalue weighted by Gasteiger charge is -2.15. The molecule has 1 aromatic carbocycles. The van der Waals surface area contributed by atoms with E-state index in [1.165, 1.54) is 5.56 Å². The highest BCUT2D eigenvalue weighted by Gasteiger charge is 2.11. The zero-order chi connectivity index (χ0) is 14.0. The number of pyridine rings is 1. The highest BCUT2D eigenvalue weighted by atomic mass is 79.9. The van der Waals surface area contributed by atoms with E-state index in [0.29, 0.717) is 12.4 Å². The van der Waals surface area contributed by atoms with Crippen LogP contribution in [0.5, 0.6) is 11.6 Å². The Morgan fingerprint density at radius 1 is 1.21 bits per heavy atom. The average Bonchev–Trinajstić information content (AvgIpc) is 2.40. The summed E-state index contributed by atoms with van der Waals surface area (Å²) in [6, 6.07) is 6.08. The van der Waals surface area contributed by atoms with E-state index in [1.54, 1.807) is 6.20 Å². The Labute approximate surface area is 121 Å². The summed E-state index contributed by atoms with van der Waals surface area (Å²) in [4.78, 5) is 4.31.